The zero-order chi connectivity index (χ0) is 12.3. The molecule has 0 radical (unpaired) electrons. The zero-order valence-electron chi connectivity index (χ0n) is 9.27. The minimum Gasteiger partial charge on any atom is -0.506 e. The van der Waals surface area contributed by atoms with Crippen molar-refractivity contribution in [1.29, 1.82) is 0 Å². The number of phenols is 1. The van der Waals surface area contributed by atoms with Gasteiger partial charge in [0.2, 0.25) is 5.89 Å². The lowest BCUT2D eigenvalue weighted by atomic mass is 10.2. The highest BCUT2D eigenvalue weighted by atomic mass is 79.9. The number of nitrogens with one attached hydrogen (secondary N) is 1. The maximum atomic E-state index is 9.76. The molecule has 0 bridgehead atoms. The number of aromatic hydroxyl groups is 1. The fourth-order valence-corrected chi connectivity index (χ4v) is 1.83. The first-order chi connectivity index (χ1) is 8.16. The lowest BCUT2D eigenvalue weighted by molar-refractivity contribution is 0.363. The second-order valence-electron chi connectivity index (χ2n) is 3.59. The highest BCUT2D eigenvalue weighted by Crippen LogP contribution is 2.27. The van der Waals surface area contributed by atoms with Crippen molar-refractivity contribution < 1.29 is 9.63 Å². The summed E-state index contributed by atoms with van der Waals surface area (Å²) in [4.78, 5) is 4.07. The summed E-state index contributed by atoms with van der Waals surface area (Å²) in [6.45, 7) is 2.78. The number of phenolic OH excluding ortho intramolecular Hbond substituents is 1. The van der Waals surface area contributed by atoms with Gasteiger partial charge in [-0.15, -0.1) is 0 Å². The largest absolute Gasteiger partial charge is 0.506 e. The van der Waals surface area contributed by atoms with Crippen molar-refractivity contribution in [2.75, 3.05) is 0 Å². The molecule has 90 valence electrons. The molecule has 0 aliphatic carbocycles. The fraction of sp³-hybridized carbons (Fsp3) is 0.273. The first kappa shape index (κ1) is 12.1. The molecule has 0 unspecified atom stereocenters. The van der Waals surface area contributed by atoms with Crippen LogP contribution >= 0.6 is 15.9 Å². The van der Waals surface area contributed by atoms with Gasteiger partial charge in [0.25, 0.3) is 0 Å². The number of nitrogens with zero attached hydrogens (tertiary/aromatic N) is 2. The average molecular weight is 298 g/mol. The van der Waals surface area contributed by atoms with Crippen LogP contribution in [0.1, 0.15) is 17.3 Å². The molecule has 2 aromatic rings. The number of hydrogen-bond donors (Lipinski definition) is 2. The van der Waals surface area contributed by atoms with Gasteiger partial charge in [-0.2, -0.15) is 4.98 Å². The highest BCUT2D eigenvalue weighted by Gasteiger charge is 2.06. The van der Waals surface area contributed by atoms with Crippen molar-refractivity contribution >= 4 is 15.9 Å². The number of rotatable bonds is 4. The zero-order valence-corrected chi connectivity index (χ0v) is 10.9. The number of halogens is 1. The van der Waals surface area contributed by atoms with Crippen LogP contribution in [-0.2, 0) is 13.1 Å². The summed E-state index contributed by atoms with van der Waals surface area (Å²) in [5.74, 6) is 1.41. The molecule has 1 aromatic heterocycles. The SMILES string of the molecule is Cc1noc(CNCc2cccc(Br)c2O)n1. The normalized spacial score (nSPS) is 10.7. The lowest BCUT2D eigenvalue weighted by Crippen LogP contribution is -2.13. The third-order valence-electron chi connectivity index (χ3n) is 2.23. The minimum absolute atomic E-state index is 0.252. The van der Waals surface area contributed by atoms with Crippen LogP contribution in [0.2, 0.25) is 0 Å². The quantitative estimate of drug-likeness (QED) is 0.905. The van der Waals surface area contributed by atoms with Crippen molar-refractivity contribution in [1.82, 2.24) is 15.5 Å². The Hall–Kier alpha value is -1.40. The standard InChI is InChI=1S/C11H12BrN3O2/c1-7-14-10(17-15-7)6-13-5-8-3-2-4-9(12)11(8)16/h2-4,13,16H,5-6H2,1H3. The van der Waals surface area contributed by atoms with Gasteiger partial charge >= 0.3 is 0 Å². The van der Waals surface area contributed by atoms with E-state index in [2.05, 4.69) is 31.4 Å². The smallest absolute Gasteiger partial charge is 0.240 e. The maximum Gasteiger partial charge on any atom is 0.240 e. The van der Waals surface area contributed by atoms with Crippen molar-refractivity contribution in [3.8, 4) is 5.75 Å². The molecule has 6 heteroatoms. The Morgan fingerprint density at radius 3 is 2.94 bits per heavy atom. The third-order valence-corrected chi connectivity index (χ3v) is 2.87. The van der Waals surface area contributed by atoms with Gasteiger partial charge in [-0.05, 0) is 28.9 Å². The van der Waals surface area contributed by atoms with Crippen LogP contribution < -0.4 is 5.32 Å². The summed E-state index contributed by atoms with van der Waals surface area (Å²) in [7, 11) is 0. The van der Waals surface area contributed by atoms with Gasteiger partial charge in [-0.25, -0.2) is 0 Å². The molecule has 0 aliphatic heterocycles. The average Bonchev–Trinajstić information content (AvgIpc) is 2.70. The highest BCUT2D eigenvalue weighted by molar-refractivity contribution is 9.10. The molecular formula is C11H12BrN3O2. The van der Waals surface area contributed by atoms with Gasteiger partial charge < -0.3 is 14.9 Å². The summed E-state index contributed by atoms with van der Waals surface area (Å²) < 4.78 is 5.65. The topological polar surface area (TPSA) is 71.2 Å². The Morgan fingerprint density at radius 1 is 1.41 bits per heavy atom. The van der Waals surface area contributed by atoms with E-state index in [1.54, 1.807) is 13.0 Å². The lowest BCUT2D eigenvalue weighted by Gasteiger charge is -2.06. The molecule has 5 nitrogen and oxygen atoms in total. The molecule has 0 saturated carbocycles. The maximum absolute atomic E-state index is 9.76. The summed E-state index contributed by atoms with van der Waals surface area (Å²) >= 11 is 3.27. The van der Waals surface area contributed by atoms with Gasteiger partial charge in [0.05, 0.1) is 11.0 Å². The summed E-state index contributed by atoms with van der Waals surface area (Å²) in [6.07, 6.45) is 0. The van der Waals surface area contributed by atoms with E-state index in [0.29, 0.717) is 29.3 Å². The van der Waals surface area contributed by atoms with Crippen LogP contribution in [0.5, 0.6) is 5.75 Å². The molecule has 0 amide bonds. The Labute approximate surface area is 107 Å². The van der Waals surface area contributed by atoms with Crippen LogP contribution in [0, 0.1) is 6.92 Å². The molecule has 0 saturated heterocycles. The fourth-order valence-electron chi connectivity index (χ4n) is 1.42. The van der Waals surface area contributed by atoms with E-state index in [1.807, 2.05) is 12.1 Å². The van der Waals surface area contributed by atoms with Gasteiger partial charge in [-0.1, -0.05) is 17.3 Å². The molecule has 1 heterocycles. The predicted octanol–water partition coefficient (Wildman–Crippen LogP) is 2.14. The van der Waals surface area contributed by atoms with Crippen LogP contribution in [0.3, 0.4) is 0 Å². The monoisotopic (exact) mass is 297 g/mol. The van der Waals surface area contributed by atoms with Crippen LogP contribution in [-0.4, -0.2) is 15.2 Å². The number of aromatic nitrogens is 2. The van der Waals surface area contributed by atoms with Gasteiger partial charge in [0.15, 0.2) is 5.82 Å². The van der Waals surface area contributed by atoms with Crippen molar-refractivity contribution in [3.63, 3.8) is 0 Å². The van der Waals surface area contributed by atoms with Crippen molar-refractivity contribution in [2.24, 2.45) is 0 Å². The number of para-hydroxylation sites is 1. The second-order valence-corrected chi connectivity index (χ2v) is 4.44. The molecule has 0 fully saturated rings. The number of aryl methyl sites for hydroxylation is 1. The first-order valence-corrected chi connectivity index (χ1v) is 5.92. The van der Waals surface area contributed by atoms with Gasteiger partial charge in [0, 0.05) is 12.1 Å². The summed E-state index contributed by atoms with van der Waals surface area (Å²) in [6, 6.07) is 5.52. The first-order valence-electron chi connectivity index (χ1n) is 5.13. The summed E-state index contributed by atoms with van der Waals surface area (Å²) in [5, 5.41) is 16.6. The molecule has 0 spiro atoms. The molecular weight excluding hydrogens is 286 g/mol. The number of benzene rings is 1. The molecule has 0 atom stereocenters. The Morgan fingerprint density at radius 2 is 2.24 bits per heavy atom. The van der Waals surface area contributed by atoms with E-state index in [0.717, 1.165) is 5.56 Å². The van der Waals surface area contributed by atoms with Crippen LogP contribution in [0.4, 0.5) is 0 Å². The Kier molecular flexibility index (Phi) is 3.75. The summed E-state index contributed by atoms with van der Waals surface area (Å²) in [5.41, 5.74) is 0.815. The van der Waals surface area contributed by atoms with E-state index < -0.39 is 0 Å². The van der Waals surface area contributed by atoms with Crippen molar-refractivity contribution in [2.45, 2.75) is 20.0 Å². The van der Waals surface area contributed by atoms with Gasteiger partial charge in [0.1, 0.15) is 5.75 Å². The Bertz CT molecular complexity index is 513. The second kappa shape index (κ2) is 5.29. The third kappa shape index (κ3) is 3.04. The minimum atomic E-state index is 0.252. The van der Waals surface area contributed by atoms with E-state index in [1.165, 1.54) is 0 Å². The molecule has 2 rings (SSSR count). The van der Waals surface area contributed by atoms with E-state index in [9.17, 15) is 5.11 Å². The van der Waals surface area contributed by atoms with Crippen molar-refractivity contribution in [3.05, 3.63) is 40.0 Å². The van der Waals surface area contributed by atoms with E-state index in [4.69, 9.17) is 4.52 Å². The van der Waals surface area contributed by atoms with E-state index >= 15 is 0 Å². The Balaban J connectivity index is 1.92. The molecule has 2 N–H and O–H groups in total. The predicted molar refractivity (Wildman–Crippen MR) is 65.4 cm³/mol. The molecule has 0 aliphatic rings. The van der Waals surface area contributed by atoms with E-state index in [-0.39, 0.29) is 5.75 Å². The molecule has 1 aromatic carbocycles. The van der Waals surface area contributed by atoms with Crippen LogP contribution in [0.15, 0.2) is 27.2 Å². The molecule has 17 heavy (non-hydrogen) atoms. The van der Waals surface area contributed by atoms with Crippen LogP contribution in [0.25, 0.3) is 0 Å². The van der Waals surface area contributed by atoms with Gasteiger partial charge in [-0.3, -0.25) is 0 Å². The number of hydrogen-bond acceptors (Lipinski definition) is 5.